The summed E-state index contributed by atoms with van der Waals surface area (Å²) in [5.74, 6) is 0.636. The Bertz CT molecular complexity index is 1010. The lowest BCUT2D eigenvalue weighted by Crippen LogP contribution is -1.92. The zero-order valence-electron chi connectivity index (χ0n) is 12.9. The number of rotatable bonds is 3. The zero-order valence-corrected chi connectivity index (χ0v) is 12.9. The smallest absolute Gasteiger partial charge is 0.323 e. The van der Waals surface area contributed by atoms with E-state index in [1.807, 2.05) is 18.2 Å². The average molecular weight is 305 g/mol. The maximum Gasteiger partial charge on any atom is 0.323 e. The van der Waals surface area contributed by atoms with Gasteiger partial charge < -0.3 is 9.72 Å². The number of aromatic nitrogens is 5. The van der Waals surface area contributed by atoms with Crippen molar-refractivity contribution in [2.75, 3.05) is 0 Å². The average Bonchev–Trinajstić information content (AvgIpc) is 2.90. The molecule has 0 amide bonds. The van der Waals surface area contributed by atoms with E-state index >= 15 is 0 Å². The molecule has 3 heterocycles. The van der Waals surface area contributed by atoms with Gasteiger partial charge in [-0.1, -0.05) is 6.92 Å². The molecule has 0 bridgehead atoms. The molecule has 0 aliphatic rings. The monoisotopic (exact) mass is 305 g/mol. The van der Waals surface area contributed by atoms with Crippen LogP contribution in [0, 0.1) is 6.92 Å². The minimum Gasteiger partial charge on any atom is -0.424 e. The fraction of sp³-hybridized carbons (Fsp3) is 0.176. The van der Waals surface area contributed by atoms with E-state index in [1.165, 1.54) is 11.3 Å². The molecular formula is C17H15N5O. The molecule has 0 spiro atoms. The molecule has 4 aromatic rings. The molecule has 0 fully saturated rings. The summed E-state index contributed by atoms with van der Waals surface area (Å²) in [5.41, 5.74) is 4.76. The Hall–Kier alpha value is -3.02. The number of aromatic amines is 1. The van der Waals surface area contributed by atoms with Crippen molar-refractivity contribution in [2.24, 2.45) is 0 Å². The van der Waals surface area contributed by atoms with Gasteiger partial charge in [-0.05, 0) is 31.0 Å². The van der Waals surface area contributed by atoms with Crippen LogP contribution in [0.1, 0.15) is 18.2 Å². The summed E-state index contributed by atoms with van der Waals surface area (Å²) in [5, 5.41) is 1.03. The summed E-state index contributed by atoms with van der Waals surface area (Å²) < 4.78 is 5.77. The SMILES string of the molecule is CCc1[nH]c2nc(Oc3ccc4nccnc4c3)ncc2c1C. The first-order valence-corrected chi connectivity index (χ1v) is 7.47. The lowest BCUT2D eigenvalue weighted by Gasteiger charge is -2.04. The van der Waals surface area contributed by atoms with Gasteiger partial charge in [0.15, 0.2) is 0 Å². The second-order valence-electron chi connectivity index (χ2n) is 5.31. The fourth-order valence-corrected chi connectivity index (χ4v) is 2.65. The number of nitrogens with one attached hydrogen (secondary N) is 1. The van der Waals surface area contributed by atoms with Crippen LogP contribution < -0.4 is 4.74 Å². The van der Waals surface area contributed by atoms with E-state index in [-0.39, 0.29) is 0 Å². The molecule has 6 heteroatoms. The van der Waals surface area contributed by atoms with Crippen LogP contribution in [0.5, 0.6) is 11.8 Å². The van der Waals surface area contributed by atoms with Gasteiger partial charge in [0.25, 0.3) is 0 Å². The van der Waals surface area contributed by atoms with Crippen LogP contribution in [0.3, 0.4) is 0 Å². The van der Waals surface area contributed by atoms with Crippen LogP contribution in [0.25, 0.3) is 22.1 Å². The predicted octanol–water partition coefficient (Wildman–Crippen LogP) is 3.56. The maximum atomic E-state index is 5.77. The van der Waals surface area contributed by atoms with E-state index in [1.54, 1.807) is 18.6 Å². The molecule has 3 aromatic heterocycles. The number of hydrogen-bond donors (Lipinski definition) is 1. The minimum absolute atomic E-state index is 0.310. The lowest BCUT2D eigenvalue weighted by atomic mass is 10.2. The number of aryl methyl sites for hydroxylation is 2. The molecule has 4 rings (SSSR count). The first-order chi connectivity index (χ1) is 11.2. The number of nitrogens with zero attached hydrogens (tertiary/aromatic N) is 4. The molecule has 0 saturated heterocycles. The Balaban J connectivity index is 1.70. The normalized spacial score (nSPS) is 11.2. The topological polar surface area (TPSA) is 76.6 Å². The molecule has 1 aromatic carbocycles. The Kier molecular flexibility index (Phi) is 3.15. The van der Waals surface area contributed by atoms with Crippen LogP contribution in [0.2, 0.25) is 0 Å². The molecule has 0 saturated carbocycles. The van der Waals surface area contributed by atoms with Gasteiger partial charge in [-0.15, -0.1) is 0 Å². The fourth-order valence-electron chi connectivity index (χ4n) is 2.65. The van der Waals surface area contributed by atoms with Crippen LogP contribution in [0.15, 0.2) is 36.8 Å². The van der Waals surface area contributed by atoms with Crippen molar-refractivity contribution in [3.63, 3.8) is 0 Å². The first-order valence-electron chi connectivity index (χ1n) is 7.47. The molecule has 1 N–H and O–H groups in total. The summed E-state index contributed by atoms with van der Waals surface area (Å²) >= 11 is 0. The van der Waals surface area contributed by atoms with Crippen molar-refractivity contribution in [3.8, 4) is 11.8 Å². The zero-order chi connectivity index (χ0) is 15.8. The van der Waals surface area contributed by atoms with Crippen LogP contribution in [0.4, 0.5) is 0 Å². The summed E-state index contributed by atoms with van der Waals surface area (Å²) in [6.45, 7) is 4.18. The number of hydrogen-bond acceptors (Lipinski definition) is 5. The third-order valence-corrected chi connectivity index (χ3v) is 3.90. The Morgan fingerprint density at radius 3 is 2.74 bits per heavy atom. The number of ether oxygens (including phenoxy) is 1. The molecule has 23 heavy (non-hydrogen) atoms. The number of benzene rings is 1. The molecule has 0 aliphatic heterocycles. The van der Waals surface area contributed by atoms with E-state index in [2.05, 4.69) is 38.8 Å². The first kappa shape index (κ1) is 13.6. The van der Waals surface area contributed by atoms with Crippen molar-refractivity contribution < 1.29 is 4.74 Å². The third-order valence-electron chi connectivity index (χ3n) is 3.90. The van der Waals surface area contributed by atoms with Gasteiger partial charge >= 0.3 is 6.01 Å². The third kappa shape index (κ3) is 2.38. The van der Waals surface area contributed by atoms with Crippen LogP contribution >= 0.6 is 0 Å². The van der Waals surface area contributed by atoms with Crippen LogP contribution in [-0.2, 0) is 6.42 Å². The second kappa shape index (κ2) is 5.31. The Morgan fingerprint density at radius 1 is 1.09 bits per heavy atom. The molecule has 6 nitrogen and oxygen atoms in total. The second-order valence-corrected chi connectivity index (χ2v) is 5.31. The van der Waals surface area contributed by atoms with Crippen molar-refractivity contribution >= 4 is 22.1 Å². The standard InChI is InChI=1S/C17H15N5O/c1-3-13-10(2)12-9-20-17(22-16(12)21-13)23-11-4-5-14-15(8-11)19-7-6-18-14/h4-9H,3H2,1-2H3,(H,20,21,22). The molecule has 0 radical (unpaired) electrons. The molecule has 0 atom stereocenters. The van der Waals surface area contributed by atoms with E-state index in [0.29, 0.717) is 11.8 Å². The number of H-pyrrole nitrogens is 1. The minimum atomic E-state index is 0.310. The Labute approximate surface area is 132 Å². The van der Waals surface area contributed by atoms with E-state index in [4.69, 9.17) is 4.74 Å². The van der Waals surface area contributed by atoms with Crippen molar-refractivity contribution in [2.45, 2.75) is 20.3 Å². The van der Waals surface area contributed by atoms with Crippen molar-refractivity contribution in [3.05, 3.63) is 48.0 Å². The van der Waals surface area contributed by atoms with Crippen molar-refractivity contribution in [1.82, 2.24) is 24.9 Å². The highest BCUT2D eigenvalue weighted by atomic mass is 16.5. The largest absolute Gasteiger partial charge is 0.424 e. The molecule has 0 aliphatic carbocycles. The molecule has 114 valence electrons. The summed E-state index contributed by atoms with van der Waals surface area (Å²) in [7, 11) is 0. The van der Waals surface area contributed by atoms with E-state index in [0.717, 1.165) is 28.5 Å². The van der Waals surface area contributed by atoms with Crippen molar-refractivity contribution in [1.29, 1.82) is 0 Å². The Morgan fingerprint density at radius 2 is 1.91 bits per heavy atom. The number of fused-ring (bicyclic) bond motifs is 2. The van der Waals surface area contributed by atoms with Gasteiger partial charge in [0.05, 0.1) is 11.0 Å². The highest BCUT2D eigenvalue weighted by Gasteiger charge is 2.10. The highest BCUT2D eigenvalue weighted by Crippen LogP contribution is 2.25. The molecular weight excluding hydrogens is 290 g/mol. The van der Waals surface area contributed by atoms with Gasteiger partial charge in [0, 0.05) is 35.7 Å². The maximum absolute atomic E-state index is 5.77. The summed E-state index contributed by atoms with van der Waals surface area (Å²) in [6, 6.07) is 5.84. The predicted molar refractivity (Wildman–Crippen MR) is 87.6 cm³/mol. The van der Waals surface area contributed by atoms with E-state index in [9.17, 15) is 0 Å². The van der Waals surface area contributed by atoms with Gasteiger partial charge in [0.2, 0.25) is 0 Å². The van der Waals surface area contributed by atoms with Gasteiger partial charge in [0.1, 0.15) is 11.4 Å². The summed E-state index contributed by atoms with van der Waals surface area (Å²) in [6.07, 6.45) is 6.05. The molecule has 0 unspecified atom stereocenters. The summed E-state index contributed by atoms with van der Waals surface area (Å²) in [4.78, 5) is 20.6. The highest BCUT2D eigenvalue weighted by molar-refractivity contribution is 5.80. The van der Waals surface area contributed by atoms with Gasteiger partial charge in [-0.3, -0.25) is 9.97 Å². The van der Waals surface area contributed by atoms with Crippen LogP contribution in [-0.4, -0.2) is 24.9 Å². The lowest BCUT2D eigenvalue weighted by molar-refractivity contribution is 0.444. The quantitative estimate of drug-likeness (QED) is 0.626. The van der Waals surface area contributed by atoms with Gasteiger partial charge in [-0.25, -0.2) is 4.98 Å². The van der Waals surface area contributed by atoms with Gasteiger partial charge in [-0.2, -0.15) is 4.98 Å². The van der Waals surface area contributed by atoms with E-state index < -0.39 is 0 Å².